The van der Waals surface area contributed by atoms with E-state index in [4.69, 9.17) is 10.9 Å². The molecule has 5 N–H and O–H groups in total. The number of anilines is 2. The number of nitrogens with two attached hydrogens (primary N) is 2. The molecule has 2 amide bonds. The van der Waals surface area contributed by atoms with Gasteiger partial charge in [0.2, 0.25) is 21.8 Å². The first-order valence-electron chi connectivity index (χ1n) is 5.27. The minimum absolute atomic E-state index is 0.0000976. The molecule has 0 atom stereocenters. The molecule has 1 aromatic rings. The number of piperazine rings is 1. The van der Waals surface area contributed by atoms with Crippen molar-refractivity contribution < 1.29 is 18.0 Å². The van der Waals surface area contributed by atoms with E-state index in [1.54, 1.807) is 0 Å². The molecule has 2 rings (SSSR count). The molecule has 1 aliphatic heterocycles. The van der Waals surface area contributed by atoms with E-state index in [9.17, 15) is 18.0 Å². The third-order valence-corrected chi connectivity index (χ3v) is 3.60. The first-order valence-corrected chi connectivity index (χ1v) is 6.82. The summed E-state index contributed by atoms with van der Waals surface area (Å²) in [4.78, 5) is 23.8. The number of hydrogen-bond acceptors (Lipinski definition) is 6. The molecular weight excluding hydrogens is 272 g/mol. The Bertz CT molecular complexity index is 639. The van der Waals surface area contributed by atoms with Crippen LogP contribution in [0.5, 0.6) is 0 Å². The van der Waals surface area contributed by atoms with E-state index in [0.717, 1.165) is 0 Å². The number of carbonyl (C=O) groups is 2. The highest BCUT2D eigenvalue weighted by Crippen LogP contribution is 2.24. The minimum atomic E-state index is -3.89. The first-order chi connectivity index (χ1) is 8.77. The summed E-state index contributed by atoms with van der Waals surface area (Å²) in [5.41, 5.74) is 6.06. The van der Waals surface area contributed by atoms with Gasteiger partial charge in [0.25, 0.3) is 0 Å². The number of nitrogens with zero attached hydrogens (tertiary/aromatic N) is 1. The van der Waals surface area contributed by atoms with Crippen LogP contribution in [0.25, 0.3) is 0 Å². The van der Waals surface area contributed by atoms with Crippen molar-refractivity contribution in [3.63, 3.8) is 0 Å². The molecule has 0 aromatic heterocycles. The van der Waals surface area contributed by atoms with E-state index in [1.807, 2.05) is 0 Å². The lowest BCUT2D eigenvalue weighted by molar-refractivity contribution is -0.130. The fourth-order valence-electron chi connectivity index (χ4n) is 1.81. The van der Waals surface area contributed by atoms with Gasteiger partial charge in [0.1, 0.15) is 4.90 Å². The Morgan fingerprint density at radius 3 is 2.21 bits per heavy atom. The van der Waals surface area contributed by atoms with E-state index in [2.05, 4.69) is 5.32 Å². The van der Waals surface area contributed by atoms with Crippen molar-refractivity contribution in [3.05, 3.63) is 18.2 Å². The fraction of sp³-hybridized carbons (Fsp3) is 0.200. The lowest BCUT2D eigenvalue weighted by Gasteiger charge is -2.27. The number of hydrogen-bond donors (Lipinski definition) is 3. The van der Waals surface area contributed by atoms with E-state index < -0.39 is 21.8 Å². The van der Waals surface area contributed by atoms with Gasteiger partial charge in [-0.2, -0.15) is 0 Å². The van der Waals surface area contributed by atoms with Gasteiger partial charge in [0, 0.05) is 5.69 Å². The molecule has 0 unspecified atom stereocenters. The lowest BCUT2D eigenvalue weighted by atomic mass is 10.2. The Balaban J connectivity index is 2.35. The number of amides is 2. The maximum Gasteiger partial charge on any atom is 0.246 e. The van der Waals surface area contributed by atoms with E-state index in [1.165, 1.54) is 23.1 Å². The van der Waals surface area contributed by atoms with Gasteiger partial charge in [-0.15, -0.1) is 0 Å². The highest BCUT2D eigenvalue weighted by atomic mass is 32.2. The zero-order valence-corrected chi connectivity index (χ0v) is 10.6. The maximum absolute atomic E-state index is 11.2. The smallest absolute Gasteiger partial charge is 0.246 e. The molecule has 1 saturated heterocycles. The molecule has 0 aliphatic carbocycles. The van der Waals surface area contributed by atoms with Gasteiger partial charge in [-0.3, -0.25) is 14.9 Å². The molecule has 9 heteroatoms. The Morgan fingerprint density at radius 2 is 1.74 bits per heavy atom. The van der Waals surface area contributed by atoms with Gasteiger partial charge >= 0.3 is 0 Å². The lowest BCUT2D eigenvalue weighted by Crippen LogP contribution is -2.51. The molecular formula is C10H12N4O4S. The third kappa shape index (κ3) is 2.83. The second-order valence-electron chi connectivity index (χ2n) is 4.09. The summed E-state index contributed by atoms with van der Waals surface area (Å²) in [6, 6.07) is 4.06. The standard InChI is InChI=1S/C10H12N4O4S/c11-7-3-6(1-2-8(7)19(12,17)18)14-4-9(15)13-10(16)5-14/h1-3H,4-5,11H2,(H2,12,17,18)(H,13,15,16). The van der Waals surface area contributed by atoms with Gasteiger partial charge in [0.15, 0.2) is 0 Å². The first kappa shape index (κ1) is 13.3. The fourth-order valence-corrected chi connectivity index (χ4v) is 2.46. The second kappa shape index (κ2) is 4.52. The minimum Gasteiger partial charge on any atom is -0.398 e. The van der Waals surface area contributed by atoms with Gasteiger partial charge in [-0.1, -0.05) is 0 Å². The maximum atomic E-state index is 11.2. The molecule has 1 aromatic carbocycles. The van der Waals surface area contributed by atoms with Crippen molar-refractivity contribution in [1.29, 1.82) is 0 Å². The SMILES string of the molecule is Nc1cc(N2CC(=O)NC(=O)C2)ccc1S(N)(=O)=O. The molecule has 0 radical (unpaired) electrons. The topological polar surface area (TPSA) is 136 Å². The summed E-state index contributed by atoms with van der Waals surface area (Å²) in [7, 11) is -3.89. The molecule has 1 fully saturated rings. The predicted molar refractivity (Wildman–Crippen MR) is 67.6 cm³/mol. The molecule has 102 valence electrons. The largest absolute Gasteiger partial charge is 0.398 e. The quantitative estimate of drug-likeness (QED) is 0.441. The highest BCUT2D eigenvalue weighted by Gasteiger charge is 2.23. The van der Waals surface area contributed by atoms with Crippen molar-refractivity contribution in [2.24, 2.45) is 5.14 Å². The van der Waals surface area contributed by atoms with Crippen molar-refractivity contribution >= 4 is 33.2 Å². The van der Waals surface area contributed by atoms with Gasteiger partial charge in [-0.05, 0) is 18.2 Å². The average molecular weight is 284 g/mol. The number of nitrogens with one attached hydrogen (secondary N) is 1. The van der Waals surface area contributed by atoms with Crippen LogP contribution < -0.4 is 21.1 Å². The number of sulfonamides is 1. The second-order valence-corrected chi connectivity index (χ2v) is 5.62. The monoisotopic (exact) mass is 284 g/mol. The Kier molecular flexibility index (Phi) is 3.16. The van der Waals surface area contributed by atoms with E-state index >= 15 is 0 Å². The van der Waals surface area contributed by atoms with Crippen molar-refractivity contribution in [1.82, 2.24) is 5.32 Å². The molecule has 0 bridgehead atoms. The number of benzene rings is 1. The molecule has 8 nitrogen and oxygen atoms in total. The van der Waals surface area contributed by atoms with Gasteiger partial charge in [0.05, 0.1) is 18.8 Å². The normalized spacial score (nSPS) is 16.4. The molecule has 19 heavy (non-hydrogen) atoms. The van der Waals surface area contributed by atoms with Crippen LogP contribution in [-0.4, -0.2) is 33.3 Å². The Morgan fingerprint density at radius 1 is 1.16 bits per heavy atom. The number of primary sulfonamides is 1. The summed E-state index contributed by atoms with van der Waals surface area (Å²) in [6.07, 6.45) is 0. The van der Waals surface area contributed by atoms with Crippen LogP contribution in [0.15, 0.2) is 23.1 Å². The van der Waals surface area contributed by atoms with Crippen LogP contribution in [0.4, 0.5) is 11.4 Å². The predicted octanol–water partition coefficient (Wildman–Crippen LogP) is -1.62. The van der Waals surface area contributed by atoms with Crippen molar-refractivity contribution in [3.8, 4) is 0 Å². The van der Waals surface area contributed by atoms with Crippen LogP contribution >= 0.6 is 0 Å². The van der Waals surface area contributed by atoms with Crippen molar-refractivity contribution in [2.45, 2.75) is 4.90 Å². The third-order valence-electron chi connectivity index (χ3n) is 2.61. The molecule has 1 heterocycles. The molecule has 0 saturated carbocycles. The molecule has 1 aliphatic rings. The average Bonchev–Trinajstić information content (AvgIpc) is 2.25. The number of imide groups is 1. The van der Waals surface area contributed by atoms with Gasteiger partial charge in [-0.25, -0.2) is 13.6 Å². The van der Waals surface area contributed by atoms with Crippen LogP contribution in [0.2, 0.25) is 0 Å². The van der Waals surface area contributed by atoms with Crippen LogP contribution in [-0.2, 0) is 19.6 Å². The summed E-state index contributed by atoms with van der Waals surface area (Å²) >= 11 is 0. The van der Waals surface area contributed by atoms with Crippen LogP contribution in [0.3, 0.4) is 0 Å². The number of carbonyl (C=O) groups excluding carboxylic acids is 2. The van der Waals surface area contributed by atoms with Crippen molar-refractivity contribution in [2.75, 3.05) is 23.7 Å². The molecule has 0 spiro atoms. The van der Waals surface area contributed by atoms with E-state index in [0.29, 0.717) is 5.69 Å². The highest BCUT2D eigenvalue weighted by molar-refractivity contribution is 7.89. The zero-order chi connectivity index (χ0) is 14.2. The van der Waals surface area contributed by atoms with Crippen LogP contribution in [0.1, 0.15) is 0 Å². The summed E-state index contributed by atoms with van der Waals surface area (Å²) in [6.45, 7) is -0.000195. The number of rotatable bonds is 2. The number of nitrogen functional groups attached to an aromatic ring is 1. The summed E-state index contributed by atoms with van der Waals surface area (Å²) in [5, 5.41) is 7.15. The Labute approximate surface area is 109 Å². The summed E-state index contributed by atoms with van der Waals surface area (Å²) < 4.78 is 22.4. The summed E-state index contributed by atoms with van der Waals surface area (Å²) in [5.74, 6) is -0.851. The Hall–Kier alpha value is -2.13. The van der Waals surface area contributed by atoms with E-state index in [-0.39, 0.29) is 23.7 Å². The van der Waals surface area contributed by atoms with Gasteiger partial charge < -0.3 is 10.6 Å². The zero-order valence-electron chi connectivity index (χ0n) is 9.79. The van der Waals surface area contributed by atoms with Crippen LogP contribution in [0, 0.1) is 0 Å².